The molecule has 12 heteroatoms. The van der Waals surface area contributed by atoms with E-state index in [1.807, 2.05) is 18.2 Å². The summed E-state index contributed by atoms with van der Waals surface area (Å²) in [7, 11) is 1.47. The average molecular weight is 597 g/mol. The third kappa shape index (κ3) is 5.85. The number of allylic oxidation sites excluding steroid dienone is 1. The fourth-order valence-electron chi connectivity index (χ4n) is 4.93. The maximum Gasteiger partial charge on any atom is 0.344 e. The molecule has 1 saturated heterocycles. The molecule has 3 heterocycles. The van der Waals surface area contributed by atoms with E-state index in [1.165, 1.54) is 18.9 Å². The van der Waals surface area contributed by atoms with Crippen molar-refractivity contribution in [2.45, 2.75) is 32.3 Å². The number of rotatable bonds is 9. The second-order valence-corrected chi connectivity index (χ2v) is 10.5. The Labute approximate surface area is 247 Å². The molecule has 0 aliphatic carbocycles. The number of hydrogen-bond acceptors (Lipinski definition) is 11. The van der Waals surface area contributed by atoms with Crippen LogP contribution in [0.5, 0.6) is 23.0 Å². The van der Waals surface area contributed by atoms with Crippen molar-refractivity contribution >= 4 is 35.7 Å². The lowest BCUT2D eigenvalue weighted by molar-refractivity contribution is -0.145. The van der Waals surface area contributed by atoms with Gasteiger partial charge in [0.15, 0.2) is 35.1 Å². The van der Waals surface area contributed by atoms with Crippen LogP contribution in [0.15, 0.2) is 52.6 Å². The molecule has 0 aromatic heterocycles. The molecule has 222 valence electrons. The molecule has 2 aromatic rings. The predicted octanol–water partition coefficient (Wildman–Crippen LogP) is 3.79. The normalized spacial score (nSPS) is 20.1. The SMILES string of the molecule is CCOC(=O)COc1ccc([C@@H]2C(C(=O)OCC)=C(C)N[C@@H]3S/C(=C\c4ccc5c(c4)OCCO5)C(=O)N32)cc1OC. The number of carbonyl (C=O) groups is 3. The average Bonchev–Trinajstić information content (AvgIpc) is 3.29. The van der Waals surface area contributed by atoms with Gasteiger partial charge in [0, 0.05) is 5.70 Å². The molecule has 0 bridgehead atoms. The zero-order chi connectivity index (χ0) is 29.8. The Hall–Kier alpha value is -4.32. The molecule has 3 aliphatic rings. The number of nitrogens with one attached hydrogen (secondary N) is 1. The van der Waals surface area contributed by atoms with Gasteiger partial charge in [-0.25, -0.2) is 9.59 Å². The Bertz CT molecular complexity index is 1450. The number of fused-ring (bicyclic) bond motifs is 2. The molecule has 11 nitrogen and oxygen atoms in total. The molecule has 3 aliphatic heterocycles. The van der Waals surface area contributed by atoms with Crippen LogP contribution in [-0.2, 0) is 23.9 Å². The van der Waals surface area contributed by atoms with Gasteiger partial charge in [0.05, 0.1) is 36.8 Å². The highest BCUT2D eigenvalue weighted by molar-refractivity contribution is 8.05. The van der Waals surface area contributed by atoms with Crippen LogP contribution in [-0.4, -0.2) is 68.4 Å². The molecule has 0 radical (unpaired) electrons. The molecule has 0 spiro atoms. The number of hydrogen-bond donors (Lipinski definition) is 1. The molecule has 42 heavy (non-hydrogen) atoms. The molecule has 1 fully saturated rings. The van der Waals surface area contributed by atoms with Crippen molar-refractivity contribution in [3.05, 3.63) is 63.7 Å². The first-order valence-corrected chi connectivity index (χ1v) is 14.4. The van der Waals surface area contributed by atoms with Gasteiger partial charge >= 0.3 is 11.9 Å². The summed E-state index contributed by atoms with van der Waals surface area (Å²) in [6, 6.07) is 9.82. The van der Waals surface area contributed by atoms with E-state index in [4.69, 9.17) is 28.4 Å². The lowest BCUT2D eigenvalue weighted by Crippen LogP contribution is -2.50. The minimum absolute atomic E-state index is 0.174. The molecule has 2 aromatic carbocycles. The molecular weight excluding hydrogens is 564 g/mol. The zero-order valence-corrected chi connectivity index (χ0v) is 24.6. The van der Waals surface area contributed by atoms with Crippen molar-refractivity contribution in [1.29, 1.82) is 0 Å². The lowest BCUT2D eigenvalue weighted by atomic mass is 9.93. The third-order valence-corrected chi connectivity index (χ3v) is 7.86. The van der Waals surface area contributed by atoms with Crippen molar-refractivity contribution in [2.75, 3.05) is 40.1 Å². The highest BCUT2D eigenvalue weighted by Gasteiger charge is 2.48. The highest BCUT2D eigenvalue weighted by Crippen LogP contribution is 2.48. The van der Waals surface area contributed by atoms with E-state index in [-0.39, 0.29) is 25.7 Å². The molecule has 0 unspecified atom stereocenters. The Balaban J connectivity index is 1.50. The van der Waals surface area contributed by atoms with Crippen molar-refractivity contribution in [3.63, 3.8) is 0 Å². The lowest BCUT2D eigenvalue weighted by Gasteiger charge is -2.39. The van der Waals surface area contributed by atoms with E-state index in [9.17, 15) is 14.4 Å². The van der Waals surface area contributed by atoms with E-state index in [0.29, 0.717) is 58.0 Å². The summed E-state index contributed by atoms with van der Waals surface area (Å²) in [6.45, 7) is 6.30. The summed E-state index contributed by atoms with van der Waals surface area (Å²) in [4.78, 5) is 41.2. The van der Waals surface area contributed by atoms with E-state index in [0.717, 1.165) is 5.56 Å². The molecule has 0 saturated carbocycles. The van der Waals surface area contributed by atoms with Gasteiger partial charge in [-0.05, 0) is 62.2 Å². The van der Waals surface area contributed by atoms with E-state index in [2.05, 4.69) is 5.32 Å². The zero-order valence-electron chi connectivity index (χ0n) is 23.8. The van der Waals surface area contributed by atoms with Crippen LogP contribution >= 0.6 is 11.8 Å². The highest BCUT2D eigenvalue weighted by atomic mass is 32.2. The van der Waals surface area contributed by atoms with Crippen LogP contribution < -0.4 is 24.3 Å². The van der Waals surface area contributed by atoms with Gasteiger partial charge in [-0.1, -0.05) is 23.9 Å². The molecule has 1 amide bonds. The first kappa shape index (κ1) is 29.2. The number of esters is 2. The Morgan fingerprint density at radius 3 is 2.55 bits per heavy atom. The molecule has 1 N–H and O–H groups in total. The smallest absolute Gasteiger partial charge is 0.344 e. The Kier molecular flexibility index (Phi) is 8.81. The quantitative estimate of drug-likeness (QED) is 0.336. The number of carbonyl (C=O) groups excluding carboxylic acids is 3. The van der Waals surface area contributed by atoms with Crippen molar-refractivity contribution in [2.24, 2.45) is 0 Å². The summed E-state index contributed by atoms with van der Waals surface area (Å²) in [5.41, 5.74) is 1.83. The predicted molar refractivity (Wildman–Crippen MR) is 154 cm³/mol. The van der Waals surface area contributed by atoms with Crippen molar-refractivity contribution < 1.29 is 42.8 Å². The van der Waals surface area contributed by atoms with Gasteiger partial charge in [0.25, 0.3) is 5.91 Å². The minimum Gasteiger partial charge on any atom is -0.493 e. The van der Waals surface area contributed by atoms with Gasteiger partial charge in [0.2, 0.25) is 0 Å². The number of amides is 1. The second-order valence-electron chi connectivity index (χ2n) is 9.40. The van der Waals surface area contributed by atoms with Crippen molar-refractivity contribution in [1.82, 2.24) is 10.2 Å². The maximum absolute atomic E-state index is 14.0. The summed E-state index contributed by atoms with van der Waals surface area (Å²) >= 11 is 1.35. The largest absolute Gasteiger partial charge is 0.493 e. The number of benzene rings is 2. The van der Waals surface area contributed by atoms with Gasteiger partial charge in [-0.15, -0.1) is 0 Å². The Morgan fingerprint density at radius 2 is 1.81 bits per heavy atom. The number of methoxy groups -OCH3 is 1. The van der Waals surface area contributed by atoms with Gasteiger partial charge in [0.1, 0.15) is 13.2 Å². The topological polar surface area (TPSA) is 122 Å². The van der Waals surface area contributed by atoms with Gasteiger partial charge < -0.3 is 33.7 Å². The van der Waals surface area contributed by atoms with Gasteiger partial charge in [-0.2, -0.15) is 0 Å². The first-order chi connectivity index (χ1) is 20.3. The minimum atomic E-state index is -0.783. The van der Waals surface area contributed by atoms with Crippen molar-refractivity contribution in [3.8, 4) is 23.0 Å². The number of ether oxygens (including phenoxy) is 6. The second kappa shape index (κ2) is 12.7. The molecule has 2 atom stereocenters. The van der Waals surface area contributed by atoms with Gasteiger partial charge in [-0.3, -0.25) is 9.69 Å². The Morgan fingerprint density at radius 1 is 1.05 bits per heavy atom. The van der Waals surface area contributed by atoms with E-state index in [1.54, 1.807) is 49.9 Å². The summed E-state index contributed by atoms with van der Waals surface area (Å²) < 4.78 is 32.8. The van der Waals surface area contributed by atoms with Crippen LogP contribution in [0.3, 0.4) is 0 Å². The number of thioether (sulfide) groups is 1. The van der Waals surface area contributed by atoms with Crippen LogP contribution in [0.2, 0.25) is 0 Å². The summed E-state index contributed by atoms with van der Waals surface area (Å²) in [5, 5.41) is 3.30. The van der Waals surface area contributed by atoms with Crippen LogP contribution in [0.1, 0.15) is 37.9 Å². The van der Waals surface area contributed by atoms with Crippen LogP contribution in [0, 0.1) is 0 Å². The summed E-state index contributed by atoms with van der Waals surface area (Å²) in [6.07, 6.45) is 1.80. The monoisotopic (exact) mass is 596 g/mol. The third-order valence-electron chi connectivity index (χ3n) is 6.75. The maximum atomic E-state index is 14.0. The number of nitrogens with zero attached hydrogens (tertiary/aromatic N) is 1. The molecule has 5 rings (SSSR count). The fourth-order valence-corrected chi connectivity index (χ4v) is 6.15. The molecular formula is C30H32N2O9S. The van der Waals surface area contributed by atoms with Crippen LogP contribution in [0.25, 0.3) is 6.08 Å². The van der Waals surface area contributed by atoms with E-state index < -0.39 is 23.5 Å². The standard InChI is InChI=1S/C30H32N2O9S/c1-5-37-25(33)16-41-20-10-8-19(15-22(20)36-4)27-26(29(35)38-6-2)17(3)31-30-32(27)28(34)24(42-30)14-18-7-9-21-23(13-18)40-12-11-39-21/h7-10,13-15,27,30-31H,5-6,11-12,16H2,1-4H3/b24-14-/t27-,30+/m1/s1. The first-order valence-electron chi connectivity index (χ1n) is 13.6. The van der Waals surface area contributed by atoms with Crippen LogP contribution in [0.4, 0.5) is 0 Å². The summed E-state index contributed by atoms with van der Waals surface area (Å²) in [5.74, 6) is 0.640. The fraction of sp³-hybridized carbons (Fsp3) is 0.367. The van der Waals surface area contributed by atoms with E-state index >= 15 is 0 Å².